The second kappa shape index (κ2) is 7.27. The molecule has 0 bridgehead atoms. The van der Waals surface area contributed by atoms with E-state index in [1.54, 1.807) is 36.4 Å². The smallest absolute Gasteiger partial charge is 0.340 e. The molecule has 0 atom stereocenters. The second-order valence-electron chi connectivity index (χ2n) is 6.10. The predicted molar refractivity (Wildman–Crippen MR) is 105 cm³/mol. The zero-order valence-electron chi connectivity index (χ0n) is 14.9. The monoisotopic (exact) mass is 389 g/mol. The normalized spacial score (nSPS) is 10.6. The van der Waals surface area contributed by atoms with Gasteiger partial charge >= 0.3 is 5.69 Å². The van der Waals surface area contributed by atoms with Crippen LogP contribution in [0.1, 0.15) is 20.8 Å². The first kappa shape index (κ1) is 17.9. The molecule has 4 aromatic rings. The van der Waals surface area contributed by atoms with Crippen LogP contribution in [-0.2, 0) is 0 Å². The topological polar surface area (TPSA) is 152 Å². The Morgan fingerprint density at radius 2 is 1.86 bits per heavy atom. The summed E-state index contributed by atoms with van der Waals surface area (Å²) < 4.78 is 1.46. The number of rotatable bonds is 5. The van der Waals surface area contributed by atoms with Crippen molar-refractivity contribution < 1.29 is 9.59 Å². The first-order valence-electron chi connectivity index (χ1n) is 8.52. The van der Waals surface area contributed by atoms with Crippen molar-refractivity contribution in [2.45, 2.75) is 0 Å². The molecule has 0 saturated heterocycles. The van der Waals surface area contributed by atoms with Crippen LogP contribution >= 0.6 is 0 Å². The van der Waals surface area contributed by atoms with Gasteiger partial charge in [-0.1, -0.05) is 30.3 Å². The van der Waals surface area contributed by atoms with Gasteiger partial charge in [-0.25, -0.2) is 14.6 Å². The van der Waals surface area contributed by atoms with Crippen molar-refractivity contribution in [1.29, 1.82) is 0 Å². The van der Waals surface area contributed by atoms with E-state index < -0.39 is 17.5 Å². The van der Waals surface area contributed by atoms with Gasteiger partial charge in [0.05, 0.1) is 17.6 Å². The Bertz CT molecular complexity index is 1250. The van der Waals surface area contributed by atoms with Gasteiger partial charge in [0, 0.05) is 11.1 Å². The van der Waals surface area contributed by atoms with Crippen molar-refractivity contribution >= 4 is 17.5 Å². The van der Waals surface area contributed by atoms with E-state index in [2.05, 4.69) is 25.6 Å². The highest BCUT2D eigenvalue weighted by atomic mass is 16.2. The standard InChI is InChI=1S/C19H15N7O3/c20-16(27)15-14(10-26(25-15)13-7-2-1-3-8-13)21-18(28)12-6-4-5-11(9-12)17-22-19(29)24-23-17/h1-10H,(H2,20,27)(H,21,28)(H2,22,23,24,29). The fourth-order valence-corrected chi connectivity index (χ4v) is 2.77. The van der Waals surface area contributed by atoms with Crippen LogP contribution in [-0.4, -0.2) is 36.8 Å². The summed E-state index contributed by atoms with van der Waals surface area (Å²) >= 11 is 0. The first-order valence-corrected chi connectivity index (χ1v) is 8.52. The van der Waals surface area contributed by atoms with Crippen molar-refractivity contribution in [1.82, 2.24) is 25.0 Å². The lowest BCUT2D eigenvalue weighted by Gasteiger charge is -2.05. The van der Waals surface area contributed by atoms with E-state index in [0.29, 0.717) is 22.6 Å². The third kappa shape index (κ3) is 3.67. The van der Waals surface area contributed by atoms with Gasteiger partial charge in [0.2, 0.25) is 0 Å². The summed E-state index contributed by atoms with van der Waals surface area (Å²) in [5.74, 6) is -0.933. The minimum absolute atomic E-state index is 0.0602. The molecule has 10 nitrogen and oxygen atoms in total. The highest BCUT2D eigenvalue weighted by molar-refractivity contribution is 6.08. The molecule has 144 valence electrons. The number of para-hydroxylation sites is 1. The summed E-state index contributed by atoms with van der Waals surface area (Å²) in [4.78, 5) is 38.3. The Balaban J connectivity index is 1.64. The molecule has 2 aromatic carbocycles. The Morgan fingerprint density at radius 1 is 1.07 bits per heavy atom. The number of carbonyl (C=O) groups is 2. The molecule has 2 amide bonds. The summed E-state index contributed by atoms with van der Waals surface area (Å²) in [5, 5.41) is 12.9. The lowest BCUT2D eigenvalue weighted by molar-refractivity contribution is 0.0996. The summed E-state index contributed by atoms with van der Waals surface area (Å²) in [7, 11) is 0. The minimum atomic E-state index is -0.766. The molecule has 2 heterocycles. The number of amides is 2. The summed E-state index contributed by atoms with van der Waals surface area (Å²) in [6.07, 6.45) is 1.52. The SMILES string of the molecule is NC(=O)c1nn(-c2ccccc2)cc1NC(=O)c1cccc(-c2n[nH]c(=O)[nH]2)c1. The summed E-state index contributed by atoms with van der Waals surface area (Å²) in [5.41, 5.74) is 6.64. The molecule has 5 N–H and O–H groups in total. The molecule has 0 radical (unpaired) electrons. The second-order valence-corrected chi connectivity index (χ2v) is 6.10. The van der Waals surface area contributed by atoms with Crippen LogP contribution in [0.4, 0.5) is 5.69 Å². The third-order valence-corrected chi connectivity index (χ3v) is 4.12. The van der Waals surface area contributed by atoms with Crippen LogP contribution in [0.5, 0.6) is 0 Å². The molecule has 0 spiro atoms. The van der Waals surface area contributed by atoms with Gasteiger partial charge in [0.25, 0.3) is 11.8 Å². The molecule has 0 aliphatic rings. The number of benzene rings is 2. The van der Waals surface area contributed by atoms with Crippen LogP contribution in [0.15, 0.2) is 65.6 Å². The number of H-pyrrole nitrogens is 2. The first-order chi connectivity index (χ1) is 14.0. The van der Waals surface area contributed by atoms with E-state index >= 15 is 0 Å². The maximum atomic E-state index is 12.7. The van der Waals surface area contributed by atoms with Crippen molar-refractivity contribution in [3.8, 4) is 17.1 Å². The molecule has 0 aliphatic heterocycles. The number of nitrogens with two attached hydrogens (primary N) is 1. The fourth-order valence-electron chi connectivity index (χ4n) is 2.77. The number of primary amides is 1. The molecular weight excluding hydrogens is 374 g/mol. The fraction of sp³-hybridized carbons (Fsp3) is 0. The Kier molecular flexibility index (Phi) is 4.49. The quantitative estimate of drug-likeness (QED) is 0.405. The van der Waals surface area contributed by atoms with Gasteiger partial charge < -0.3 is 11.1 Å². The number of nitrogens with one attached hydrogen (secondary N) is 3. The molecule has 0 saturated carbocycles. The van der Waals surface area contributed by atoms with E-state index in [-0.39, 0.29) is 11.4 Å². The molecule has 29 heavy (non-hydrogen) atoms. The van der Waals surface area contributed by atoms with Gasteiger partial charge in [0.1, 0.15) is 0 Å². The molecule has 0 unspecified atom stereocenters. The average Bonchev–Trinajstić information content (AvgIpc) is 3.35. The summed E-state index contributed by atoms with van der Waals surface area (Å²) in [6.45, 7) is 0. The van der Waals surface area contributed by atoms with Gasteiger partial charge in [-0.3, -0.25) is 14.6 Å². The Hall–Kier alpha value is -4.47. The van der Waals surface area contributed by atoms with Gasteiger partial charge in [0.15, 0.2) is 11.5 Å². The highest BCUT2D eigenvalue weighted by Crippen LogP contribution is 2.20. The van der Waals surface area contributed by atoms with Crippen LogP contribution in [0.3, 0.4) is 0 Å². The van der Waals surface area contributed by atoms with E-state index in [1.165, 1.54) is 10.9 Å². The van der Waals surface area contributed by atoms with Crippen LogP contribution < -0.4 is 16.7 Å². The number of aromatic nitrogens is 5. The van der Waals surface area contributed by atoms with E-state index in [4.69, 9.17) is 5.73 Å². The zero-order chi connectivity index (χ0) is 20.4. The molecule has 2 aromatic heterocycles. The van der Waals surface area contributed by atoms with Crippen LogP contribution in [0.25, 0.3) is 17.1 Å². The number of hydrogen-bond acceptors (Lipinski definition) is 5. The van der Waals surface area contributed by atoms with Crippen LogP contribution in [0, 0.1) is 0 Å². The number of anilines is 1. The molecule has 4 rings (SSSR count). The number of hydrogen-bond donors (Lipinski definition) is 4. The predicted octanol–water partition coefficient (Wildman–Crippen LogP) is 1.30. The Morgan fingerprint density at radius 3 is 2.55 bits per heavy atom. The van der Waals surface area contributed by atoms with Gasteiger partial charge in [-0.15, -0.1) is 0 Å². The Labute approximate surface area is 163 Å². The largest absolute Gasteiger partial charge is 0.364 e. The minimum Gasteiger partial charge on any atom is -0.364 e. The van der Waals surface area contributed by atoms with E-state index in [1.807, 2.05) is 18.2 Å². The highest BCUT2D eigenvalue weighted by Gasteiger charge is 2.18. The number of carbonyl (C=O) groups excluding carboxylic acids is 2. The van der Waals surface area contributed by atoms with Crippen molar-refractivity contribution in [2.24, 2.45) is 5.73 Å². The van der Waals surface area contributed by atoms with Gasteiger partial charge in [-0.2, -0.15) is 10.2 Å². The maximum Gasteiger partial charge on any atom is 0.340 e. The van der Waals surface area contributed by atoms with Crippen molar-refractivity contribution in [3.05, 3.63) is 82.5 Å². The van der Waals surface area contributed by atoms with E-state index in [9.17, 15) is 14.4 Å². The van der Waals surface area contributed by atoms with Gasteiger partial charge in [-0.05, 0) is 24.3 Å². The van der Waals surface area contributed by atoms with Crippen molar-refractivity contribution in [3.63, 3.8) is 0 Å². The summed E-state index contributed by atoms with van der Waals surface area (Å²) in [6, 6.07) is 15.6. The van der Waals surface area contributed by atoms with Crippen molar-refractivity contribution in [2.75, 3.05) is 5.32 Å². The molecule has 0 fully saturated rings. The lowest BCUT2D eigenvalue weighted by Crippen LogP contribution is -2.18. The number of aromatic amines is 2. The lowest BCUT2D eigenvalue weighted by atomic mass is 10.1. The zero-order valence-corrected chi connectivity index (χ0v) is 14.9. The van der Waals surface area contributed by atoms with Crippen LogP contribution in [0.2, 0.25) is 0 Å². The van der Waals surface area contributed by atoms with E-state index in [0.717, 1.165) is 0 Å². The molecule has 0 aliphatic carbocycles. The molecular formula is C19H15N7O3. The average molecular weight is 389 g/mol. The molecule has 10 heteroatoms. The maximum absolute atomic E-state index is 12.7. The third-order valence-electron chi connectivity index (χ3n) is 4.12. The number of nitrogens with zero attached hydrogens (tertiary/aromatic N) is 3.